The van der Waals surface area contributed by atoms with E-state index in [0.29, 0.717) is 5.92 Å². The SMILES string of the molecule is CC(C)Cn1c2ccc(O)cc2c2c3c[nH]c(O)c3c3c(c21)CCc1c-3cnn1C. The highest BCUT2D eigenvalue weighted by Gasteiger charge is 2.29. The molecule has 6 rings (SSSR count). The Kier molecular flexibility index (Phi) is 3.38. The molecular formula is C24H24N4O2. The standard InChI is InChI=1S/C24H24N4O2/c1-12(2)11-28-19-6-4-13(29)8-15(19)21-17-9-25-24(30)22(17)20-14(23(21)28)5-7-18-16(20)10-26-27(18)3/h4,6,8-10,12,25,29-30H,5,7,11H2,1-3H3. The van der Waals surface area contributed by atoms with Crippen LogP contribution < -0.4 is 0 Å². The van der Waals surface area contributed by atoms with Gasteiger partial charge in [0.15, 0.2) is 5.88 Å². The molecule has 0 saturated heterocycles. The molecule has 0 atom stereocenters. The molecule has 2 aromatic carbocycles. The zero-order valence-electron chi connectivity index (χ0n) is 17.3. The molecule has 0 unspecified atom stereocenters. The van der Waals surface area contributed by atoms with E-state index in [0.717, 1.165) is 57.6 Å². The number of aryl methyl sites for hydroxylation is 2. The highest BCUT2D eigenvalue weighted by Crippen LogP contribution is 2.49. The van der Waals surface area contributed by atoms with Gasteiger partial charge in [0.1, 0.15) is 5.75 Å². The molecule has 0 radical (unpaired) electrons. The number of hydrogen-bond acceptors (Lipinski definition) is 3. The van der Waals surface area contributed by atoms with E-state index in [-0.39, 0.29) is 11.6 Å². The average Bonchev–Trinajstić information content (AvgIpc) is 3.36. The third-order valence-corrected chi connectivity index (χ3v) is 6.50. The largest absolute Gasteiger partial charge is 0.508 e. The first-order chi connectivity index (χ1) is 14.5. The van der Waals surface area contributed by atoms with E-state index in [1.165, 1.54) is 16.8 Å². The first-order valence-electron chi connectivity index (χ1n) is 10.5. The number of nitrogens with one attached hydrogen (secondary N) is 1. The Morgan fingerprint density at radius 3 is 2.77 bits per heavy atom. The number of phenols is 1. The van der Waals surface area contributed by atoms with Crippen molar-refractivity contribution in [1.82, 2.24) is 19.3 Å². The summed E-state index contributed by atoms with van der Waals surface area (Å²) in [5, 5.41) is 29.5. The second-order valence-corrected chi connectivity index (χ2v) is 8.84. The number of H-pyrrole nitrogens is 1. The van der Waals surface area contributed by atoms with Crippen LogP contribution in [0.2, 0.25) is 0 Å². The maximum atomic E-state index is 10.8. The number of aromatic nitrogens is 4. The molecule has 0 saturated carbocycles. The first-order valence-corrected chi connectivity index (χ1v) is 10.5. The summed E-state index contributed by atoms with van der Waals surface area (Å²) < 4.78 is 4.35. The van der Waals surface area contributed by atoms with Crippen molar-refractivity contribution in [1.29, 1.82) is 0 Å². The molecule has 0 spiro atoms. The van der Waals surface area contributed by atoms with E-state index in [1.54, 1.807) is 6.07 Å². The van der Waals surface area contributed by atoms with Gasteiger partial charge in [0, 0.05) is 58.3 Å². The molecular weight excluding hydrogens is 376 g/mol. The van der Waals surface area contributed by atoms with E-state index in [2.05, 4.69) is 28.5 Å². The zero-order valence-corrected chi connectivity index (χ0v) is 17.3. The third-order valence-electron chi connectivity index (χ3n) is 6.50. The number of hydrogen-bond donors (Lipinski definition) is 3. The van der Waals surface area contributed by atoms with Crippen molar-refractivity contribution < 1.29 is 10.2 Å². The number of nitrogens with zero attached hydrogens (tertiary/aromatic N) is 3. The third kappa shape index (κ3) is 2.11. The minimum atomic E-state index is 0.185. The number of aromatic hydroxyl groups is 2. The van der Waals surface area contributed by atoms with Gasteiger partial charge < -0.3 is 19.8 Å². The van der Waals surface area contributed by atoms with Crippen LogP contribution in [-0.2, 0) is 26.4 Å². The van der Waals surface area contributed by atoms with E-state index in [4.69, 9.17) is 0 Å². The van der Waals surface area contributed by atoms with Crippen LogP contribution in [0.3, 0.4) is 0 Å². The Hall–Kier alpha value is -3.41. The van der Waals surface area contributed by atoms with Gasteiger partial charge in [-0.3, -0.25) is 4.68 Å². The van der Waals surface area contributed by atoms with Crippen LogP contribution in [0.1, 0.15) is 25.1 Å². The Labute approximate surface area is 173 Å². The number of fused-ring (bicyclic) bond motifs is 10. The summed E-state index contributed by atoms with van der Waals surface area (Å²) in [4.78, 5) is 3.04. The molecule has 6 nitrogen and oxygen atoms in total. The Bertz CT molecular complexity index is 1480. The average molecular weight is 400 g/mol. The van der Waals surface area contributed by atoms with Crippen LogP contribution >= 0.6 is 0 Å². The molecule has 0 bridgehead atoms. The first kappa shape index (κ1) is 17.4. The molecule has 3 heterocycles. The van der Waals surface area contributed by atoms with Crippen molar-refractivity contribution in [2.45, 2.75) is 33.2 Å². The zero-order chi connectivity index (χ0) is 20.7. The van der Waals surface area contributed by atoms with E-state index in [9.17, 15) is 10.2 Å². The second kappa shape index (κ2) is 5.81. The van der Waals surface area contributed by atoms with E-state index < -0.39 is 0 Å². The van der Waals surface area contributed by atoms with Crippen LogP contribution in [0.15, 0.2) is 30.6 Å². The predicted molar refractivity (Wildman–Crippen MR) is 119 cm³/mol. The minimum absolute atomic E-state index is 0.185. The van der Waals surface area contributed by atoms with Gasteiger partial charge in [-0.25, -0.2) is 0 Å². The summed E-state index contributed by atoms with van der Waals surface area (Å²) >= 11 is 0. The highest BCUT2D eigenvalue weighted by molar-refractivity contribution is 6.26. The number of benzene rings is 2. The van der Waals surface area contributed by atoms with E-state index in [1.807, 2.05) is 36.3 Å². The lowest BCUT2D eigenvalue weighted by atomic mass is 9.85. The quantitative estimate of drug-likeness (QED) is 0.397. The maximum absolute atomic E-state index is 10.8. The molecule has 0 aliphatic heterocycles. The Morgan fingerprint density at radius 1 is 1.13 bits per heavy atom. The van der Waals surface area contributed by atoms with Gasteiger partial charge in [-0.2, -0.15) is 5.10 Å². The van der Waals surface area contributed by atoms with Crippen LogP contribution in [0.5, 0.6) is 11.6 Å². The summed E-state index contributed by atoms with van der Waals surface area (Å²) in [7, 11) is 1.98. The van der Waals surface area contributed by atoms with Gasteiger partial charge >= 0.3 is 0 Å². The van der Waals surface area contributed by atoms with E-state index >= 15 is 0 Å². The molecule has 0 amide bonds. The van der Waals surface area contributed by atoms with Crippen LogP contribution in [0.4, 0.5) is 0 Å². The summed E-state index contributed by atoms with van der Waals surface area (Å²) in [6, 6.07) is 5.62. The molecule has 30 heavy (non-hydrogen) atoms. The van der Waals surface area contributed by atoms with Crippen molar-refractivity contribution in [2.24, 2.45) is 13.0 Å². The van der Waals surface area contributed by atoms with Gasteiger partial charge in [0.25, 0.3) is 0 Å². The van der Waals surface area contributed by atoms with Crippen LogP contribution in [0.25, 0.3) is 43.7 Å². The van der Waals surface area contributed by atoms with Gasteiger partial charge in [0.2, 0.25) is 0 Å². The summed E-state index contributed by atoms with van der Waals surface area (Å²) in [5.74, 6) is 0.914. The summed E-state index contributed by atoms with van der Waals surface area (Å²) in [5.41, 5.74) is 6.97. The topological polar surface area (TPSA) is 79.0 Å². The normalized spacial score (nSPS) is 13.6. The van der Waals surface area contributed by atoms with Crippen LogP contribution in [-0.4, -0.2) is 29.5 Å². The van der Waals surface area contributed by atoms with Crippen molar-refractivity contribution in [2.75, 3.05) is 0 Å². The second-order valence-electron chi connectivity index (χ2n) is 8.84. The number of rotatable bonds is 2. The fraction of sp³-hybridized carbons (Fsp3) is 0.292. The summed E-state index contributed by atoms with van der Waals surface area (Å²) in [6.45, 7) is 5.34. The van der Waals surface area contributed by atoms with Gasteiger partial charge in [0.05, 0.1) is 17.1 Å². The van der Waals surface area contributed by atoms with Gasteiger partial charge in [-0.15, -0.1) is 0 Å². The van der Waals surface area contributed by atoms with Gasteiger partial charge in [-0.1, -0.05) is 13.8 Å². The predicted octanol–water partition coefficient (Wildman–Crippen LogP) is 4.84. The molecule has 1 aliphatic carbocycles. The molecule has 1 aliphatic rings. The Morgan fingerprint density at radius 2 is 1.97 bits per heavy atom. The molecule has 152 valence electrons. The Balaban J connectivity index is 1.90. The number of phenolic OH excluding ortho intramolecular Hbond substituents is 1. The highest BCUT2D eigenvalue weighted by atomic mass is 16.3. The monoisotopic (exact) mass is 400 g/mol. The summed E-state index contributed by atoms with van der Waals surface area (Å²) in [6.07, 6.45) is 5.62. The van der Waals surface area contributed by atoms with Crippen molar-refractivity contribution in [3.8, 4) is 22.8 Å². The fourth-order valence-electron chi connectivity index (χ4n) is 5.37. The lowest BCUT2D eigenvalue weighted by Crippen LogP contribution is -2.11. The van der Waals surface area contributed by atoms with Crippen molar-refractivity contribution >= 4 is 32.6 Å². The maximum Gasteiger partial charge on any atom is 0.197 e. The van der Waals surface area contributed by atoms with Crippen molar-refractivity contribution in [3.05, 3.63) is 41.9 Å². The number of aromatic amines is 1. The minimum Gasteiger partial charge on any atom is -0.508 e. The molecule has 3 aromatic heterocycles. The molecule has 3 N–H and O–H groups in total. The smallest absolute Gasteiger partial charge is 0.197 e. The molecule has 5 aromatic rings. The molecule has 6 heteroatoms. The van der Waals surface area contributed by atoms with Gasteiger partial charge in [-0.05, 0) is 42.5 Å². The lowest BCUT2D eigenvalue weighted by molar-refractivity contribution is 0.462. The fourth-order valence-corrected chi connectivity index (χ4v) is 5.37. The van der Waals surface area contributed by atoms with Crippen LogP contribution in [0, 0.1) is 5.92 Å². The van der Waals surface area contributed by atoms with Crippen molar-refractivity contribution in [3.63, 3.8) is 0 Å². The lowest BCUT2D eigenvalue weighted by Gasteiger charge is -2.22. The molecule has 0 fully saturated rings.